The maximum absolute atomic E-state index is 13.9. The van der Waals surface area contributed by atoms with Crippen molar-refractivity contribution in [2.45, 2.75) is 11.3 Å². The Hall–Kier alpha value is -4.15. The van der Waals surface area contributed by atoms with Crippen LogP contribution in [-0.4, -0.2) is 5.91 Å². The van der Waals surface area contributed by atoms with Gasteiger partial charge in [0.15, 0.2) is 5.72 Å². The zero-order valence-electron chi connectivity index (χ0n) is 17.7. The van der Waals surface area contributed by atoms with Crippen molar-refractivity contribution >= 4 is 23.4 Å². The molecule has 3 heterocycles. The van der Waals surface area contributed by atoms with Crippen LogP contribution in [0.2, 0.25) is 0 Å². The number of fused-ring (bicyclic) bond motifs is 8. The van der Waals surface area contributed by atoms with Crippen molar-refractivity contribution in [3.05, 3.63) is 137 Å². The second kappa shape index (κ2) is 6.44. The minimum Gasteiger partial charge on any atom is -0.323 e. The second-order valence-electron chi connectivity index (χ2n) is 8.58. The molecule has 4 aromatic carbocycles. The summed E-state index contributed by atoms with van der Waals surface area (Å²) in [7, 11) is 0. The molecule has 1 N–H and O–H groups in total. The van der Waals surface area contributed by atoms with Gasteiger partial charge in [-0.25, -0.2) is 0 Å². The normalized spacial score (nSPS) is 24.0. The summed E-state index contributed by atoms with van der Waals surface area (Å²) in [4.78, 5) is 16.0. The quantitative estimate of drug-likeness (QED) is 0.429. The largest absolute Gasteiger partial charge is 0.323 e. The van der Waals surface area contributed by atoms with Crippen molar-refractivity contribution in [3.63, 3.8) is 0 Å². The molecule has 7 rings (SSSR count). The first kappa shape index (κ1) is 18.4. The lowest BCUT2D eigenvalue weighted by Crippen LogP contribution is -2.59. The Morgan fingerprint density at radius 3 is 2.21 bits per heavy atom. The van der Waals surface area contributed by atoms with Gasteiger partial charge in [-0.05, 0) is 23.8 Å². The number of rotatable bonds is 1. The fourth-order valence-corrected chi connectivity index (χ4v) is 5.57. The van der Waals surface area contributed by atoms with Crippen molar-refractivity contribution < 1.29 is 9.53 Å². The van der Waals surface area contributed by atoms with Crippen LogP contribution >= 0.6 is 0 Å². The van der Waals surface area contributed by atoms with E-state index in [2.05, 4.69) is 52.8 Å². The number of nitrogens with one attached hydrogen (secondary N) is 1. The molecular weight excluding hydrogens is 408 g/mol. The molecule has 0 aliphatic carbocycles. The topological polar surface area (TPSA) is 41.6 Å². The molecule has 158 valence electrons. The molecule has 0 bridgehead atoms. The van der Waals surface area contributed by atoms with E-state index in [4.69, 9.17) is 4.74 Å². The highest BCUT2D eigenvalue weighted by Gasteiger charge is 2.62. The lowest BCUT2D eigenvalue weighted by Gasteiger charge is -2.54. The van der Waals surface area contributed by atoms with E-state index in [0.717, 1.165) is 39.2 Å². The molecule has 0 fully saturated rings. The predicted octanol–water partition coefficient (Wildman–Crippen LogP) is 5.60. The minimum absolute atomic E-state index is 0.168. The van der Waals surface area contributed by atoms with Crippen LogP contribution in [0.25, 0.3) is 6.08 Å². The van der Waals surface area contributed by atoms with Crippen LogP contribution in [0.15, 0.2) is 109 Å². The number of amides is 1. The molecule has 3 aliphatic rings. The average molecular weight is 428 g/mol. The lowest BCUT2D eigenvalue weighted by molar-refractivity contribution is -0.159. The monoisotopic (exact) mass is 428 g/mol. The summed E-state index contributed by atoms with van der Waals surface area (Å²) in [6, 6.07) is 34.3. The third-order valence-corrected chi connectivity index (χ3v) is 6.95. The molecule has 0 aromatic heterocycles. The number of ether oxygens (including phenoxy) is 1. The van der Waals surface area contributed by atoms with Gasteiger partial charge >= 0.3 is 0 Å². The Bertz CT molecular complexity index is 1460. The first-order valence-electron chi connectivity index (χ1n) is 11.1. The molecule has 1 unspecified atom stereocenters. The molecule has 33 heavy (non-hydrogen) atoms. The van der Waals surface area contributed by atoms with Crippen LogP contribution in [0.3, 0.4) is 0 Å². The molecule has 1 amide bonds. The Labute approximate surface area is 191 Å². The fraction of sp³-hybridized carbons (Fsp3) is 0.0690. The van der Waals surface area contributed by atoms with Gasteiger partial charge in [-0.3, -0.25) is 4.79 Å². The number of benzene rings is 4. The van der Waals surface area contributed by atoms with Gasteiger partial charge in [0.1, 0.15) is 0 Å². The number of carbonyl (C=O) groups excluding carboxylic acids is 1. The second-order valence-corrected chi connectivity index (χ2v) is 8.58. The van der Waals surface area contributed by atoms with Crippen molar-refractivity contribution in [3.8, 4) is 0 Å². The van der Waals surface area contributed by atoms with E-state index in [0.29, 0.717) is 0 Å². The smallest absolute Gasteiger partial charge is 0.266 e. The Morgan fingerprint density at radius 2 is 1.36 bits per heavy atom. The highest BCUT2D eigenvalue weighted by Crippen LogP contribution is 2.59. The third kappa shape index (κ3) is 2.21. The molecule has 3 aliphatic heterocycles. The maximum atomic E-state index is 13.9. The van der Waals surface area contributed by atoms with Gasteiger partial charge in [0.25, 0.3) is 5.91 Å². The van der Waals surface area contributed by atoms with Crippen molar-refractivity contribution in [2.75, 3.05) is 10.2 Å². The molecule has 1 spiro atoms. The predicted molar refractivity (Wildman–Crippen MR) is 129 cm³/mol. The van der Waals surface area contributed by atoms with Gasteiger partial charge in [0.05, 0.1) is 5.69 Å². The van der Waals surface area contributed by atoms with Gasteiger partial charge in [0.2, 0.25) is 5.60 Å². The standard InChI is InChI=1S/C29H20N2O2/c32-27-28(23-14-6-8-16-25(23)30-27)24-15-7-9-17-26(24)31-19-18-20-10-4-5-13-22(20)29(31,33-28)21-11-2-1-3-12-21/h1-19H,(H,30,32)/t28?,29-/m1/s1. The van der Waals surface area contributed by atoms with Gasteiger partial charge < -0.3 is 15.0 Å². The summed E-state index contributed by atoms with van der Waals surface area (Å²) in [6.45, 7) is 0. The zero-order valence-corrected chi connectivity index (χ0v) is 17.7. The summed E-state index contributed by atoms with van der Waals surface area (Å²) in [6.07, 6.45) is 4.18. The molecule has 0 saturated carbocycles. The van der Waals surface area contributed by atoms with E-state index >= 15 is 0 Å². The van der Waals surface area contributed by atoms with E-state index in [1.54, 1.807) is 0 Å². The van der Waals surface area contributed by atoms with Gasteiger partial charge in [-0.15, -0.1) is 0 Å². The highest BCUT2D eigenvalue weighted by molar-refractivity contribution is 6.09. The SMILES string of the molecule is O=C1Nc2ccccc2C12O[C@]1(c3ccccc3)c3ccccc3C=CN1c1ccccc12. The van der Waals surface area contributed by atoms with Crippen molar-refractivity contribution in [2.24, 2.45) is 0 Å². The summed E-state index contributed by atoms with van der Waals surface area (Å²) in [5, 5.41) is 3.09. The van der Waals surface area contributed by atoms with Crippen molar-refractivity contribution in [1.82, 2.24) is 0 Å². The first-order valence-corrected chi connectivity index (χ1v) is 11.1. The van der Waals surface area contributed by atoms with Crippen LogP contribution in [0.4, 0.5) is 11.4 Å². The first-order chi connectivity index (χ1) is 16.2. The van der Waals surface area contributed by atoms with Crippen molar-refractivity contribution in [1.29, 1.82) is 0 Å². The maximum Gasteiger partial charge on any atom is 0.266 e. The average Bonchev–Trinajstić information content (AvgIpc) is 3.16. The van der Waals surface area contributed by atoms with Crippen LogP contribution < -0.4 is 10.2 Å². The van der Waals surface area contributed by atoms with Crippen LogP contribution in [-0.2, 0) is 20.9 Å². The Balaban J connectivity index is 1.64. The van der Waals surface area contributed by atoms with Crippen LogP contribution in [0, 0.1) is 0 Å². The number of hydrogen-bond acceptors (Lipinski definition) is 3. The summed E-state index contributed by atoms with van der Waals surface area (Å²) >= 11 is 0. The summed E-state index contributed by atoms with van der Waals surface area (Å²) < 4.78 is 7.27. The minimum atomic E-state index is -1.28. The Kier molecular flexibility index (Phi) is 3.59. The van der Waals surface area contributed by atoms with Gasteiger partial charge in [-0.1, -0.05) is 91.0 Å². The molecule has 4 heteroatoms. The highest BCUT2D eigenvalue weighted by atomic mass is 16.6. The number of hydrogen-bond donors (Lipinski definition) is 1. The van der Waals surface area contributed by atoms with E-state index in [1.165, 1.54) is 0 Å². The molecule has 0 radical (unpaired) electrons. The molecule has 4 nitrogen and oxygen atoms in total. The number of anilines is 2. The molecular formula is C29H20N2O2. The van der Waals surface area contributed by atoms with Gasteiger partial charge in [-0.2, -0.15) is 0 Å². The Morgan fingerprint density at radius 1 is 0.697 bits per heavy atom. The zero-order chi connectivity index (χ0) is 22.0. The van der Waals surface area contributed by atoms with Crippen LogP contribution in [0.5, 0.6) is 0 Å². The third-order valence-electron chi connectivity index (χ3n) is 6.95. The lowest BCUT2D eigenvalue weighted by atomic mass is 9.78. The molecule has 0 saturated heterocycles. The molecule has 2 atom stereocenters. The van der Waals surface area contributed by atoms with E-state index in [9.17, 15) is 4.79 Å². The van der Waals surface area contributed by atoms with E-state index < -0.39 is 11.3 Å². The summed E-state index contributed by atoms with van der Waals surface area (Å²) in [5.41, 5.74) is 4.15. The fourth-order valence-electron chi connectivity index (χ4n) is 5.57. The van der Waals surface area contributed by atoms with E-state index in [1.807, 2.05) is 72.8 Å². The van der Waals surface area contributed by atoms with Gasteiger partial charge in [0, 0.05) is 34.1 Å². The number of para-hydroxylation sites is 2. The summed E-state index contributed by atoms with van der Waals surface area (Å²) in [5.74, 6) is -0.168. The van der Waals surface area contributed by atoms with Crippen LogP contribution in [0.1, 0.15) is 27.8 Å². The van der Waals surface area contributed by atoms with E-state index in [-0.39, 0.29) is 5.91 Å². The molecule has 4 aromatic rings. The number of carbonyl (C=O) groups is 1. The number of nitrogens with zero attached hydrogens (tertiary/aromatic N) is 1.